The second-order valence-electron chi connectivity index (χ2n) is 4.95. The summed E-state index contributed by atoms with van der Waals surface area (Å²) in [4.78, 5) is 6.14. The van der Waals surface area contributed by atoms with Crippen molar-refractivity contribution in [2.24, 2.45) is 5.92 Å². The van der Waals surface area contributed by atoms with E-state index in [-0.39, 0.29) is 5.92 Å². The predicted octanol–water partition coefficient (Wildman–Crippen LogP) is 1.59. The van der Waals surface area contributed by atoms with E-state index in [1.807, 2.05) is 12.1 Å². The monoisotopic (exact) mass is 310 g/mol. The minimum atomic E-state index is -1.70. The Morgan fingerprint density at radius 2 is 2.06 bits per heavy atom. The summed E-state index contributed by atoms with van der Waals surface area (Å²) in [5.74, 6) is -1.74. The molecule has 0 radical (unpaired) electrons. The van der Waals surface area contributed by atoms with E-state index in [1.165, 1.54) is 0 Å². The van der Waals surface area contributed by atoms with Gasteiger partial charge in [-0.1, -0.05) is 0 Å². The van der Waals surface area contributed by atoms with Gasteiger partial charge in [-0.25, -0.2) is 0 Å². The van der Waals surface area contributed by atoms with Crippen LogP contribution < -0.4 is 0 Å². The zero-order chi connectivity index (χ0) is 12.8. The Labute approximate surface area is 114 Å². The van der Waals surface area contributed by atoms with E-state index >= 15 is 0 Å². The Bertz CT molecular complexity index is 494. The summed E-state index contributed by atoms with van der Waals surface area (Å²) in [6, 6.07) is 1.92. The largest absolute Gasteiger partial charge is 0.370 e. The molecule has 2 bridgehead atoms. The van der Waals surface area contributed by atoms with Crippen LogP contribution in [0.25, 0.3) is 6.08 Å². The van der Waals surface area contributed by atoms with Gasteiger partial charge in [-0.15, -0.1) is 0 Å². The number of aromatic nitrogens is 1. The molecule has 0 amide bonds. The minimum absolute atomic E-state index is 0.0473. The van der Waals surface area contributed by atoms with Gasteiger partial charge in [0.1, 0.15) is 0 Å². The molecule has 0 atom stereocenters. The summed E-state index contributed by atoms with van der Waals surface area (Å²) in [6.07, 6.45) is 6.95. The number of halogens is 1. The molecule has 1 aromatic rings. The molecule has 3 saturated heterocycles. The zero-order valence-electron chi connectivity index (χ0n) is 9.88. The number of piperidine rings is 3. The minimum Gasteiger partial charge on any atom is -0.370 e. The van der Waals surface area contributed by atoms with Crippen LogP contribution in [0.3, 0.4) is 0 Å². The Morgan fingerprint density at radius 1 is 1.33 bits per heavy atom. The van der Waals surface area contributed by atoms with Gasteiger partial charge >= 0.3 is 0 Å². The first kappa shape index (κ1) is 12.1. The maximum absolute atomic E-state index is 10.3. The quantitative estimate of drug-likeness (QED) is 0.774. The number of aliphatic hydroxyl groups is 2. The second-order valence-corrected chi connectivity index (χ2v) is 5.87. The molecule has 2 N–H and O–H groups in total. The zero-order valence-corrected chi connectivity index (χ0v) is 11.5. The fourth-order valence-corrected chi connectivity index (χ4v) is 3.21. The third kappa shape index (κ3) is 1.96. The SMILES string of the molecule is OC1(O)C(=Cc2cncc(Br)c2)N2CCC1CC2. The smallest absolute Gasteiger partial charge is 0.208 e. The summed E-state index contributed by atoms with van der Waals surface area (Å²) >= 11 is 3.37. The van der Waals surface area contributed by atoms with Crippen LogP contribution in [-0.2, 0) is 0 Å². The lowest BCUT2D eigenvalue weighted by atomic mass is 9.80. The molecule has 0 saturated carbocycles. The van der Waals surface area contributed by atoms with E-state index in [4.69, 9.17) is 0 Å². The van der Waals surface area contributed by atoms with Crippen LogP contribution in [-0.4, -0.2) is 39.0 Å². The van der Waals surface area contributed by atoms with E-state index in [0.29, 0.717) is 5.70 Å². The number of hydrogen-bond acceptors (Lipinski definition) is 4. The maximum Gasteiger partial charge on any atom is 0.208 e. The average Bonchev–Trinajstić information content (AvgIpc) is 2.34. The maximum atomic E-state index is 10.3. The molecule has 0 aliphatic carbocycles. The average molecular weight is 311 g/mol. The highest BCUT2D eigenvalue weighted by molar-refractivity contribution is 9.10. The van der Waals surface area contributed by atoms with Crippen LogP contribution in [0.15, 0.2) is 28.6 Å². The van der Waals surface area contributed by atoms with Crippen molar-refractivity contribution in [3.8, 4) is 0 Å². The Hall–Kier alpha value is -0.910. The topological polar surface area (TPSA) is 56.6 Å². The second kappa shape index (κ2) is 4.33. The van der Waals surface area contributed by atoms with Gasteiger partial charge in [-0.2, -0.15) is 0 Å². The Kier molecular flexibility index (Phi) is 2.92. The molecule has 18 heavy (non-hydrogen) atoms. The van der Waals surface area contributed by atoms with Gasteiger partial charge in [0, 0.05) is 35.9 Å². The Balaban J connectivity index is 2.00. The molecule has 0 unspecified atom stereocenters. The lowest BCUT2D eigenvalue weighted by Gasteiger charge is -2.50. The molecule has 4 nitrogen and oxygen atoms in total. The van der Waals surface area contributed by atoms with Gasteiger partial charge in [0.05, 0.1) is 5.70 Å². The number of pyridine rings is 1. The van der Waals surface area contributed by atoms with Crippen LogP contribution in [0.5, 0.6) is 0 Å². The molecule has 1 aromatic heterocycles. The lowest BCUT2D eigenvalue weighted by Crippen LogP contribution is -2.57. The molecule has 5 heteroatoms. The Morgan fingerprint density at radius 3 is 2.67 bits per heavy atom. The van der Waals surface area contributed by atoms with E-state index in [2.05, 4.69) is 25.8 Å². The molecule has 0 spiro atoms. The van der Waals surface area contributed by atoms with Crippen molar-refractivity contribution in [1.29, 1.82) is 0 Å². The predicted molar refractivity (Wildman–Crippen MR) is 71.4 cm³/mol. The van der Waals surface area contributed by atoms with Crippen molar-refractivity contribution in [3.63, 3.8) is 0 Å². The summed E-state index contributed by atoms with van der Waals surface area (Å²) in [5, 5.41) is 20.5. The van der Waals surface area contributed by atoms with Crippen LogP contribution in [0.4, 0.5) is 0 Å². The lowest BCUT2D eigenvalue weighted by molar-refractivity contribution is -0.215. The molecule has 3 aliphatic rings. The molecule has 4 rings (SSSR count). The number of nitrogens with zero attached hydrogens (tertiary/aromatic N) is 2. The van der Waals surface area contributed by atoms with Gasteiger partial charge in [0.25, 0.3) is 0 Å². The van der Waals surface area contributed by atoms with Gasteiger partial charge < -0.3 is 15.1 Å². The van der Waals surface area contributed by atoms with Crippen LogP contribution in [0.1, 0.15) is 18.4 Å². The van der Waals surface area contributed by atoms with Crippen molar-refractivity contribution >= 4 is 22.0 Å². The number of hydrogen-bond donors (Lipinski definition) is 2. The van der Waals surface area contributed by atoms with Gasteiger partial charge in [-0.3, -0.25) is 4.98 Å². The van der Waals surface area contributed by atoms with Crippen molar-refractivity contribution in [3.05, 3.63) is 34.2 Å². The summed E-state index contributed by atoms with van der Waals surface area (Å²) < 4.78 is 0.884. The van der Waals surface area contributed by atoms with Crippen LogP contribution >= 0.6 is 15.9 Å². The van der Waals surface area contributed by atoms with Crippen LogP contribution in [0.2, 0.25) is 0 Å². The highest BCUT2D eigenvalue weighted by Gasteiger charge is 2.48. The fraction of sp³-hybridized carbons (Fsp3) is 0.462. The number of fused-ring (bicyclic) bond motifs is 3. The molecular formula is C13H15BrN2O2. The number of rotatable bonds is 1. The highest BCUT2D eigenvalue weighted by Crippen LogP contribution is 2.41. The van der Waals surface area contributed by atoms with Gasteiger partial charge in [0.2, 0.25) is 5.79 Å². The van der Waals surface area contributed by atoms with E-state index in [1.54, 1.807) is 12.4 Å². The molecule has 96 valence electrons. The van der Waals surface area contributed by atoms with Crippen molar-refractivity contribution in [2.45, 2.75) is 18.6 Å². The van der Waals surface area contributed by atoms with Crippen molar-refractivity contribution in [2.75, 3.05) is 13.1 Å². The molecular weight excluding hydrogens is 296 g/mol. The van der Waals surface area contributed by atoms with Gasteiger partial charge in [-0.05, 0) is 46.5 Å². The summed E-state index contributed by atoms with van der Waals surface area (Å²) in [5.41, 5.74) is 1.48. The van der Waals surface area contributed by atoms with E-state index < -0.39 is 5.79 Å². The molecule has 4 heterocycles. The highest BCUT2D eigenvalue weighted by atomic mass is 79.9. The normalized spacial score (nSPS) is 24.8. The van der Waals surface area contributed by atoms with E-state index in [0.717, 1.165) is 36.0 Å². The first-order chi connectivity index (χ1) is 8.57. The molecule has 3 fully saturated rings. The molecule has 0 aromatic carbocycles. The summed E-state index contributed by atoms with van der Waals surface area (Å²) in [7, 11) is 0. The first-order valence-electron chi connectivity index (χ1n) is 6.10. The first-order valence-corrected chi connectivity index (χ1v) is 6.89. The van der Waals surface area contributed by atoms with Crippen molar-refractivity contribution in [1.82, 2.24) is 9.88 Å². The van der Waals surface area contributed by atoms with Crippen molar-refractivity contribution < 1.29 is 10.2 Å². The van der Waals surface area contributed by atoms with Crippen LogP contribution in [0, 0.1) is 5.92 Å². The molecule has 3 aliphatic heterocycles. The third-order valence-corrected chi connectivity index (χ3v) is 4.24. The fourth-order valence-electron chi connectivity index (χ4n) is 2.83. The third-order valence-electron chi connectivity index (χ3n) is 3.81. The summed E-state index contributed by atoms with van der Waals surface area (Å²) in [6.45, 7) is 1.81. The van der Waals surface area contributed by atoms with Gasteiger partial charge in [0.15, 0.2) is 0 Å². The van der Waals surface area contributed by atoms with E-state index in [9.17, 15) is 10.2 Å². The standard InChI is InChI=1S/C13H15BrN2O2/c14-11-5-9(7-15-8-11)6-12-13(17,18)10-1-3-16(12)4-2-10/h5-8,10,17-18H,1-4H2.